The number of sulfone groups is 1. The number of imidazole rings is 1. The van der Waals surface area contributed by atoms with Gasteiger partial charge in [-0.25, -0.2) is 13.4 Å². The molecule has 8 heteroatoms. The van der Waals surface area contributed by atoms with Gasteiger partial charge in [0.25, 0.3) is 0 Å². The van der Waals surface area contributed by atoms with Gasteiger partial charge in [-0.15, -0.1) is 0 Å². The van der Waals surface area contributed by atoms with Gasteiger partial charge in [0.05, 0.1) is 26.4 Å². The first kappa shape index (κ1) is 22.5. The lowest BCUT2D eigenvalue weighted by molar-refractivity contribution is 0.0999. The van der Waals surface area contributed by atoms with E-state index in [0.717, 1.165) is 17.9 Å². The number of hydrogen-bond donors (Lipinski definition) is 1. The van der Waals surface area contributed by atoms with E-state index in [1.54, 1.807) is 12.1 Å². The highest BCUT2D eigenvalue weighted by atomic mass is 32.2. The first-order chi connectivity index (χ1) is 15.1. The van der Waals surface area contributed by atoms with Crippen LogP contribution in [-0.4, -0.2) is 28.9 Å². The molecule has 1 fully saturated rings. The van der Waals surface area contributed by atoms with Crippen molar-refractivity contribution in [3.63, 3.8) is 0 Å². The molecule has 3 aromatic rings. The van der Waals surface area contributed by atoms with Crippen LogP contribution in [-0.2, 0) is 21.8 Å². The van der Waals surface area contributed by atoms with Crippen molar-refractivity contribution in [3.8, 4) is 0 Å². The molecule has 0 unspecified atom stereocenters. The number of nitrogens with two attached hydrogens (primary N) is 1. The Morgan fingerprint density at radius 1 is 1.09 bits per heavy atom. The van der Waals surface area contributed by atoms with Crippen molar-refractivity contribution in [1.29, 1.82) is 0 Å². The minimum Gasteiger partial charge on any atom is -0.366 e. The Hall–Kier alpha value is -2.74. The molecule has 1 aromatic carbocycles. The molecule has 4 rings (SSSR count). The van der Waals surface area contributed by atoms with Crippen LogP contribution >= 0.6 is 0 Å². The summed E-state index contributed by atoms with van der Waals surface area (Å²) >= 11 is 0. The Bertz CT molecular complexity index is 1270. The average Bonchev–Trinajstić information content (AvgIpc) is 3.13. The maximum atomic E-state index is 13.2. The Balaban J connectivity index is 1.79. The van der Waals surface area contributed by atoms with Crippen LogP contribution in [0.4, 0.5) is 0 Å². The highest BCUT2D eigenvalue weighted by Gasteiger charge is 2.27. The van der Waals surface area contributed by atoms with E-state index in [1.165, 1.54) is 50.6 Å². The average molecular weight is 455 g/mol. The largest absolute Gasteiger partial charge is 0.366 e. The second-order valence-corrected chi connectivity index (χ2v) is 11.7. The zero-order valence-electron chi connectivity index (χ0n) is 18.8. The van der Waals surface area contributed by atoms with Gasteiger partial charge in [0.2, 0.25) is 15.7 Å². The monoisotopic (exact) mass is 454 g/mol. The molecular weight excluding hydrogens is 424 g/mol. The predicted molar refractivity (Wildman–Crippen MR) is 123 cm³/mol. The SMILES string of the molecule is CC(C)(C)c1nc2cc(S(=O)(=O)c3cncc(C(N)=O)c3)ccc2n1CC1CCCCC1. The van der Waals surface area contributed by atoms with Crippen molar-refractivity contribution in [2.24, 2.45) is 11.7 Å². The molecule has 1 aliphatic carbocycles. The maximum absolute atomic E-state index is 13.2. The smallest absolute Gasteiger partial charge is 0.250 e. The third-order valence-corrected chi connectivity index (χ3v) is 7.89. The van der Waals surface area contributed by atoms with Crippen molar-refractivity contribution < 1.29 is 13.2 Å². The molecule has 1 amide bonds. The van der Waals surface area contributed by atoms with E-state index in [1.807, 2.05) is 6.07 Å². The van der Waals surface area contributed by atoms with E-state index < -0.39 is 15.7 Å². The molecule has 0 aliphatic heterocycles. The number of benzene rings is 1. The molecule has 2 heterocycles. The van der Waals surface area contributed by atoms with Crippen LogP contribution in [0.1, 0.15) is 69.1 Å². The Labute approximate surface area is 189 Å². The zero-order chi connectivity index (χ0) is 23.1. The van der Waals surface area contributed by atoms with Gasteiger partial charge in [0.15, 0.2) is 0 Å². The van der Waals surface area contributed by atoms with E-state index in [9.17, 15) is 13.2 Å². The number of carbonyl (C=O) groups is 1. The summed E-state index contributed by atoms with van der Waals surface area (Å²) in [6, 6.07) is 6.34. The lowest BCUT2D eigenvalue weighted by atomic mass is 9.88. The van der Waals surface area contributed by atoms with Crippen molar-refractivity contribution in [2.45, 2.75) is 74.6 Å². The molecule has 0 spiro atoms. The molecule has 2 aromatic heterocycles. The Morgan fingerprint density at radius 2 is 1.81 bits per heavy atom. The number of amides is 1. The van der Waals surface area contributed by atoms with Crippen molar-refractivity contribution in [3.05, 3.63) is 48.0 Å². The number of carbonyl (C=O) groups excluding carboxylic acids is 1. The van der Waals surface area contributed by atoms with E-state index in [0.29, 0.717) is 11.4 Å². The molecule has 7 nitrogen and oxygen atoms in total. The molecule has 0 atom stereocenters. The van der Waals surface area contributed by atoms with Crippen LogP contribution in [0, 0.1) is 5.92 Å². The van der Waals surface area contributed by atoms with Gasteiger partial charge in [0.1, 0.15) is 5.82 Å². The molecule has 0 radical (unpaired) electrons. The number of aromatic nitrogens is 3. The van der Waals surface area contributed by atoms with Gasteiger partial charge in [0, 0.05) is 24.4 Å². The second-order valence-electron chi connectivity index (χ2n) is 9.73. The lowest BCUT2D eigenvalue weighted by Crippen LogP contribution is -2.22. The minimum atomic E-state index is -3.87. The quantitative estimate of drug-likeness (QED) is 0.620. The second kappa shape index (κ2) is 8.31. The normalized spacial score (nSPS) is 15.8. The van der Waals surface area contributed by atoms with Gasteiger partial charge in [-0.3, -0.25) is 9.78 Å². The van der Waals surface area contributed by atoms with Crippen LogP contribution in [0.15, 0.2) is 46.5 Å². The molecule has 1 aliphatic rings. The lowest BCUT2D eigenvalue weighted by Gasteiger charge is -2.26. The van der Waals surface area contributed by atoms with Crippen LogP contribution < -0.4 is 5.73 Å². The number of fused-ring (bicyclic) bond motifs is 1. The first-order valence-corrected chi connectivity index (χ1v) is 12.6. The van der Waals surface area contributed by atoms with Crippen LogP contribution in [0.5, 0.6) is 0 Å². The summed E-state index contributed by atoms with van der Waals surface area (Å²) in [5, 5.41) is 0. The van der Waals surface area contributed by atoms with Gasteiger partial charge < -0.3 is 10.3 Å². The van der Waals surface area contributed by atoms with Gasteiger partial charge >= 0.3 is 0 Å². The number of rotatable bonds is 5. The molecule has 1 saturated carbocycles. The fourth-order valence-corrected chi connectivity index (χ4v) is 5.77. The number of pyridine rings is 1. The molecule has 170 valence electrons. The zero-order valence-corrected chi connectivity index (χ0v) is 19.7. The number of primary amides is 1. The topological polar surface area (TPSA) is 108 Å². The van der Waals surface area contributed by atoms with E-state index in [-0.39, 0.29) is 20.8 Å². The number of nitrogens with zero attached hydrogens (tertiary/aromatic N) is 3. The van der Waals surface area contributed by atoms with Crippen molar-refractivity contribution >= 4 is 26.8 Å². The first-order valence-electron chi connectivity index (χ1n) is 11.1. The minimum absolute atomic E-state index is 0.0546. The Kier molecular flexibility index (Phi) is 5.83. The van der Waals surface area contributed by atoms with E-state index in [2.05, 4.69) is 30.3 Å². The van der Waals surface area contributed by atoms with Crippen LogP contribution in [0.25, 0.3) is 11.0 Å². The third kappa shape index (κ3) is 4.28. The summed E-state index contributed by atoms with van der Waals surface area (Å²) < 4.78 is 28.7. The summed E-state index contributed by atoms with van der Waals surface area (Å²) in [5.74, 6) is 0.861. The summed E-state index contributed by atoms with van der Waals surface area (Å²) in [6.07, 6.45) is 8.77. The summed E-state index contributed by atoms with van der Waals surface area (Å²) in [5.41, 5.74) is 6.78. The molecule has 0 saturated heterocycles. The molecule has 2 N–H and O–H groups in total. The highest BCUT2D eigenvalue weighted by molar-refractivity contribution is 7.91. The summed E-state index contributed by atoms with van der Waals surface area (Å²) in [6.45, 7) is 7.29. The maximum Gasteiger partial charge on any atom is 0.250 e. The standard InChI is InChI=1S/C24H30N4O3S/c1-24(2,3)23-27-20-12-18(32(30,31)19-11-17(22(25)29)13-26-14-19)9-10-21(20)28(23)15-16-7-5-4-6-8-16/h9-14,16H,4-8,15H2,1-3H3,(H2,25,29). The predicted octanol–water partition coefficient (Wildman–Crippen LogP) is 4.24. The summed E-state index contributed by atoms with van der Waals surface area (Å²) in [7, 11) is -3.87. The Morgan fingerprint density at radius 3 is 2.47 bits per heavy atom. The fraction of sp³-hybridized carbons (Fsp3) is 0.458. The van der Waals surface area contributed by atoms with Gasteiger partial charge in [-0.05, 0) is 43.0 Å². The molecule has 0 bridgehead atoms. The highest BCUT2D eigenvalue weighted by Crippen LogP contribution is 2.33. The van der Waals surface area contributed by atoms with Crippen molar-refractivity contribution in [1.82, 2.24) is 14.5 Å². The van der Waals surface area contributed by atoms with Crippen molar-refractivity contribution in [2.75, 3.05) is 0 Å². The van der Waals surface area contributed by atoms with E-state index in [4.69, 9.17) is 10.7 Å². The molecule has 32 heavy (non-hydrogen) atoms. The third-order valence-electron chi connectivity index (χ3n) is 6.17. The van der Waals surface area contributed by atoms with E-state index >= 15 is 0 Å². The van der Waals surface area contributed by atoms with Crippen LogP contribution in [0.2, 0.25) is 0 Å². The fourth-order valence-electron chi connectivity index (χ4n) is 4.50. The van der Waals surface area contributed by atoms with Gasteiger partial charge in [-0.2, -0.15) is 0 Å². The van der Waals surface area contributed by atoms with Crippen LogP contribution in [0.3, 0.4) is 0 Å². The number of hydrogen-bond acceptors (Lipinski definition) is 5. The summed E-state index contributed by atoms with van der Waals surface area (Å²) in [4.78, 5) is 20.3. The van der Waals surface area contributed by atoms with Gasteiger partial charge in [-0.1, -0.05) is 40.0 Å². The molecular formula is C24H30N4O3S.